The van der Waals surface area contributed by atoms with Crippen LogP contribution >= 0.6 is 12.4 Å². The van der Waals surface area contributed by atoms with Crippen molar-refractivity contribution in [3.8, 4) is 0 Å². The molecule has 2 rings (SSSR count). The number of nitrogens with two attached hydrogens (primary N) is 1. The number of rotatable bonds is 4. The van der Waals surface area contributed by atoms with E-state index in [2.05, 4.69) is 4.90 Å². The molecule has 0 saturated carbocycles. The second kappa shape index (κ2) is 8.13. The van der Waals surface area contributed by atoms with Crippen LogP contribution in [0.25, 0.3) is 0 Å². The fourth-order valence-corrected chi connectivity index (χ4v) is 2.91. The van der Waals surface area contributed by atoms with E-state index in [0.717, 1.165) is 44.5 Å². The van der Waals surface area contributed by atoms with E-state index in [4.69, 9.17) is 5.73 Å². The minimum atomic E-state index is -4.65. The Balaban J connectivity index is 0.00000242. The van der Waals surface area contributed by atoms with Crippen LogP contribution in [-0.2, 0) is 12.7 Å². The van der Waals surface area contributed by atoms with Gasteiger partial charge in [-0.1, -0.05) is 6.07 Å². The smallest absolute Gasteiger partial charge is 0.330 e. The van der Waals surface area contributed by atoms with E-state index in [1.807, 2.05) is 0 Å². The molecule has 2 nitrogen and oxygen atoms in total. The third-order valence-corrected chi connectivity index (χ3v) is 3.92. The molecule has 7 heteroatoms. The number of piperidine rings is 1. The van der Waals surface area contributed by atoms with Crippen molar-refractivity contribution in [3.63, 3.8) is 0 Å². The SMILES string of the molecule is Cl.NCCC1CCCN(Cc2ccc(F)c(C(F)(F)F)c2)C1. The minimum Gasteiger partial charge on any atom is -0.330 e. The maximum absolute atomic E-state index is 13.3. The van der Waals surface area contributed by atoms with Crippen molar-refractivity contribution in [3.05, 3.63) is 35.1 Å². The first-order valence-corrected chi connectivity index (χ1v) is 7.18. The van der Waals surface area contributed by atoms with Gasteiger partial charge in [0.05, 0.1) is 5.56 Å². The molecule has 1 heterocycles. The number of nitrogens with zero attached hydrogens (tertiary/aromatic N) is 1. The lowest BCUT2D eigenvalue weighted by atomic mass is 9.94. The Morgan fingerprint density at radius 1 is 1.27 bits per heavy atom. The molecule has 0 aliphatic carbocycles. The van der Waals surface area contributed by atoms with Gasteiger partial charge in [0.25, 0.3) is 0 Å². The van der Waals surface area contributed by atoms with Crippen LogP contribution in [0.4, 0.5) is 17.6 Å². The highest BCUT2D eigenvalue weighted by molar-refractivity contribution is 5.85. The molecule has 1 atom stereocenters. The highest BCUT2D eigenvalue weighted by atomic mass is 35.5. The molecule has 22 heavy (non-hydrogen) atoms. The van der Waals surface area contributed by atoms with Gasteiger partial charge >= 0.3 is 6.18 Å². The maximum Gasteiger partial charge on any atom is 0.419 e. The molecule has 0 radical (unpaired) electrons. The lowest BCUT2D eigenvalue weighted by Gasteiger charge is -2.32. The van der Waals surface area contributed by atoms with Crippen LogP contribution in [0, 0.1) is 11.7 Å². The van der Waals surface area contributed by atoms with Gasteiger partial charge in [-0.25, -0.2) is 4.39 Å². The summed E-state index contributed by atoms with van der Waals surface area (Å²) in [6.45, 7) is 2.76. The summed E-state index contributed by atoms with van der Waals surface area (Å²) < 4.78 is 51.4. The maximum atomic E-state index is 13.3. The summed E-state index contributed by atoms with van der Waals surface area (Å²) in [5.74, 6) is -0.711. The fraction of sp³-hybridized carbons (Fsp3) is 0.600. The molecular formula is C15H21ClF4N2. The summed E-state index contributed by atoms with van der Waals surface area (Å²) in [7, 11) is 0. The summed E-state index contributed by atoms with van der Waals surface area (Å²) in [4.78, 5) is 2.12. The van der Waals surface area contributed by atoms with E-state index in [9.17, 15) is 17.6 Å². The Morgan fingerprint density at radius 3 is 2.64 bits per heavy atom. The van der Waals surface area contributed by atoms with Crippen LogP contribution in [-0.4, -0.2) is 24.5 Å². The van der Waals surface area contributed by atoms with Crippen molar-refractivity contribution in [2.75, 3.05) is 19.6 Å². The van der Waals surface area contributed by atoms with Gasteiger partial charge in [-0.2, -0.15) is 13.2 Å². The lowest BCUT2D eigenvalue weighted by molar-refractivity contribution is -0.140. The summed E-state index contributed by atoms with van der Waals surface area (Å²) in [6, 6.07) is 3.25. The van der Waals surface area contributed by atoms with Crippen molar-refractivity contribution in [1.82, 2.24) is 4.90 Å². The predicted molar refractivity (Wildman–Crippen MR) is 80.3 cm³/mol. The van der Waals surface area contributed by atoms with Crippen LogP contribution in [0.15, 0.2) is 18.2 Å². The zero-order valence-electron chi connectivity index (χ0n) is 12.2. The van der Waals surface area contributed by atoms with Crippen molar-refractivity contribution in [2.45, 2.75) is 32.0 Å². The van der Waals surface area contributed by atoms with Gasteiger partial charge in [-0.05, 0) is 56.0 Å². The Hall–Kier alpha value is -0.850. The normalized spacial score (nSPS) is 19.8. The zero-order valence-corrected chi connectivity index (χ0v) is 13.0. The average molecular weight is 341 g/mol. The molecule has 1 unspecified atom stereocenters. The molecule has 0 spiro atoms. The van der Waals surface area contributed by atoms with Crippen LogP contribution in [0.5, 0.6) is 0 Å². The number of hydrogen-bond acceptors (Lipinski definition) is 2. The summed E-state index contributed by atoms with van der Waals surface area (Å²) in [6.07, 6.45) is -1.57. The van der Waals surface area contributed by atoms with Crippen molar-refractivity contribution < 1.29 is 17.6 Å². The molecule has 0 amide bonds. The number of halogens is 5. The van der Waals surface area contributed by atoms with Gasteiger partial charge in [0.1, 0.15) is 5.82 Å². The van der Waals surface area contributed by atoms with Crippen molar-refractivity contribution >= 4 is 12.4 Å². The lowest BCUT2D eigenvalue weighted by Crippen LogP contribution is -2.35. The van der Waals surface area contributed by atoms with Gasteiger partial charge in [0.15, 0.2) is 0 Å². The van der Waals surface area contributed by atoms with Gasteiger partial charge < -0.3 is 5.73 Å². The second-order valence-electron chi connectivity index (χ2n) is 5.63. The molecule has 1 fully saturated rings. The number of hydrogen-bond donors (Lipinski definition) is 1. The van der Waals surface area contributed by atoms with E-state index >= 15 is 0 Å². The van der Waals surface area contributed by atoms with Crippen molar-refractivity contribution in [2.24, 2.45) is 11.7 Å². The Kier molecular flexibility index (Phi) is 7.09. The van der Waals surface area contributed by atoms with Crippen LogP contribution < -0.4 is 5.73 Å². The molecule has 126 valence electrons. The quantitative estimate of drug-likeness (QED) is 0.844. The predicted octanol–water partition coefficient (Wildman–Crippen LogP) is 3.83. The van der Waals surface area contributed by atoms with Gasteiger partial charge in [0, 0.05) is 13.1 Å². The molecule has 1 aliphatic rings. The van der Waals surface area contributed by atoms with Crippen LogP contribution in [0.1, 0.15) is 30.4 Å². The van der Waals surface area contributed by atoms with Crippen LogP contribution in [0.3, 0.4) is 0 Å². The highest BCUT2D eigenvalue weighted by Crippen LogP contribution is 2.32. The number of likely N-dealkylation sites (tertiary alicyclic amines) is 1. The molecule has 1 aromatic rings. The standard InChI is InChI=1S/C15H20F4N2.ClH/c16-14-4-3-12(8-13(14)15(17,18)19)10-21-7-1-2-11(9-21)5-6-20;/h3-4,8,11H,1-2,5-7,9-10,20H2;1H. The molecule has 0 aromatic heterocycles. The molecule has 2 N–H and O–H groups in total. The van der Waals surface area contributed by atoms with E-state index in [0.29, 0.717) is 24.6 Å². The molecular weight excluding hydrogens is 320 g/mol. The highest BCUT2D eigenvalue weighted by Gasteiger charge is 2.34. The first kappa shape index (κ1) is 19.2. The van der Waals surface area contributed by atoms with Gasteiger partial charge in [-0.15, -0.1) is 12.4 Å². The topological polar surface area (TPSA) is 29.3 Å². The average Bonchev–Trinajstić information content (AvgIpc) is 2.40. The fourth-order valence-electron chi connectivity index (χ4n) is 2.91. The first-order valence-electron chi connectivity index (χ1n) is 7.18. The van der Waals surface area contributed by atoms with Gasteiger partial charge in [0.2, 0.25) is 0 Å². The summed E-state index contributed by atoms with van der Waals surface area (Å²) >= 11 is 0. The monoisotopic (exact) mass is 340 g/mol. The van der Waals surface area contributed by atoms with Crippen molar-refractivity contribution in [1.29, 1.82) is 0 Å². The minimum absolute atomic E-state index is 0. The first-order chi connectivity index (χ1) is 9.90. The summed E-state index contributed by atoms with van der Waals surface area (Å²) in [5.41, 5.74) is 4.87. The zero-order chi connectivity index (χ0) is 15.5. The number of alkyl halides is 3. The largest absolute Gasteiger partial charge is 0.419 e. The second-order valence-corrected chi connectivity index (χ2v) is 5.63. The Morgan fingerprint density at radius 2 is 2.00 bits per heavy atom. The van der Waals surface area contributed by atoms with E-state index in [-0.39, 0.29) is 12.4 Å². The molecule has 1 aliphatic heterocycles. The van der Waals surface area contributed by atoms with Crippen LogP contribution in [0.2, 0.25) is 0 Å². The Labute approximate surface area is 134 Å². The molecule has 1 saturated heterocycles. The third kappa shape index (κ3) is 5.11. The third-order valence-electron chi connectivity index (χ3n) is 3.92. The Bertz CT molecular complexity index is 477. The van der Waals surface area contributed by atoms with E-state index < -0.39 is 17.6 Å². The number of benzene rings is 1. The summed E-state index contributed by atoms with van der Waals surface area (Å²) in [5, 5.41) is 0. The van der Waals surface area contributed by atoms with E-state index in [1.54, 1.807) is 0 Å². The van der Waals surface area contributed by atoms with E-state index in [1.165, 1.54) is 6.07 Å². The molecule has 1 aromatic carbocycles. The molecule has 0 bridgehead atoms. The van der Waals surface area contributed by atoms with Gasteiger partial charge in [-0.3, -0.25) is 4.90 Å².